The lowest BCUT2D eigenvalue weighted by Crippen LogP contribution is -2.37. The van der Waals surface area contributed by atoms with Crippen LogP contribution in [0.25, 0.3) is 0 Å². The fourth-order valence-corrected chi connectivity index (χ4v) is 3.70. The summed E-state index contributed by atoms with van der Waals surface area (Å²) in [6.45, 7) is 3.56. The van der Waals surface area contributed by atoms with Gasteiger partial charge in [-0.05, 0) is 35.2 Å². The SMILES string of the molecule is O=C(CN(Cc1ccccc1)Cc1ccccc1)NCCc1ccc2c(c1)OCCO2. The van der Waals surface area contributed by atoms with E-state index in [1.165, 1.54) is 11.1 Å². The van der Waals surface area contributed by atoms with Gasteiger partial charge in [0.2, 0.25) is 5.91 Å². The lowest BCUT2D eigenvalue weighted by atomic mass is 10.1. The molecule has 160 valence electrons. The van der Waals surface area contributed by atoms with Gasteiger partial charge in [0.15, 0.2) is 11.5 Å². The van der Waals surface area contributed by atoms with Crippen LogP contribution in [0.2, 0.25) is 0 Å². The third-order valence-electron chi connectivity index (χ3n) is 5.21. The molecule has 3 aromatic rings. The molecule has 0 saturated heterocycles. The topological polar surface area (TPSA) is 50.8 Å². The average Bonchev–Trinajstić information content (AvgIpc) is 2.80. The molecule has 31 heavy (non-hydrogen) atoms. The van der Waals surface area contributed by atoms with Gasteiger partial charge in [-0.25, -0.2) is 0 Å². The van der Waals surface area contributed by atoms with E-state index in [2.05, 4.69) is 34.5 Å². The van der Waals surface area contributed by atoms with E-state index in [4.69, 9.17) is 9.47 Å². The van der Waals surface area contributed by atoms with Gasteiger partial charge < -0.3 is 14.8 Å². The Hall–Kier alpha value is -3.31. The summed E-state index contributed by atoms with van der Waals surface area (Å²) in [4.78, 5) is 14.8. The van der Waals surface area contributed by atoms with E-state index in [1.54, 1.807) is 0 Å². The van der Waals surface area contributed by atoms with Gasteiger partial charge in [0.1, 0.15) is 13.2 Å². The molecular formula is C26H28N2O3. The number of rotatable bonds is 9. The van der Waals surface area contributed by atoms with Gasteiger partial charge in [0.25, 0.3) is 0 Å². The highest BCUT2D eigenvalue weighted by atomic mass is 16.6. The summed E-state index contributed by atoms with van der Waals surface area (Å²) in [7, 11) is 0. The van der Waals surface area contributed by atoms with Crippen LogP contribution in [0.4, 0.5) is 0 Å². The molecule has 5 nitrogen and oxygen atoms in total. The van der Waals surface area contributed by atoms with Crippen LogP contribution in [-0.2, 0) is 24.3 Å². The van der Waals surface area contributed by atoms with Gasteiger partial charge in [-0.3, -0.25) is 9.69 Å². The Bertz CT molecular complexity index is 935. The summed E-state index contributed by atoms with van der Waals surface area (Å²) < 4.78 is 11.2. The molecule has 1 amide bonds. The first kappa shape index (κ1) is 20.9. The normalized spacial score (nSPS) is 12.5. The molecule has 0 radical (unpaired) electrons. The van der Waals surface area contributed by atoms with Crippen LogP contribution in [0.1, 0.15) is 16.7 Å². The molecule has 0 aliphatic carbocycles. The minimum absolute atomic E-state index is 0.0319. The summed E-state index contributed by atoms with van der Waals surface area (Å²) >= 11 is 0. The predicted octanol–water partition coefficient (Wildman–Crippen LogP) is 3.82. The number of amides is 1. The third kappa shape index (κ3) is 6.33. The first-order chi connectivity index (χ1) is 15.3. The molecule has 1 heterocycles. The van der Waals surface area contributed by atoms with E-state index in [0.29, 0.717) is 26.3 Å². The van der Waals surface area contributed by atoms with Crippen LogP contribution in [0.5, 0.6) is 11.5 Å². The first-order valence-corrected chi connectivity index (χ1v) is 10.7. The molecule has 1 aliphatic rings. The highest BCUT2D eigenvalue weighted by Gasteiger charge is 2.14. The van der Waals surface area contributed by atoms with Crippen molar-refractivity contribution in [1.29, 1.82) is 0 Å². The van der Waals surface area contributed by atoms with Crippen molar-refractivity contribution < 1.29 is 14.3 Å². The van der Waals surface area contributed by atoms with Gasteiger partial charge in [0, 0.05) is 19.6 Å². The molecule has 0 saturated carbocycles. The van der Waals surface area contributed by atoms with Crippen LogP contribution in [0.15, 0.2) is 78.9 Å². The molecule has 0 bridgehead atoms. The summed E-state index contributed by atoms with van der Waals surface area (Å²) in [5.74, 6) is 1.60. The molecule has 1 N–H and O–H groups in total. The first-order valence-electron chi connectivity index (χ1n) is 10.7. The van der Waals surface area contributed by atoms with Crippen molar-refractivity contribution in [1.82, 2.24) is 10.2 Å². The van der Waals surface area contributed by atoms with Crippen molar-refractivity contribution in [3.05, 3.63) is 95.6 Å². The number of carbonyl (C=O) groups excluding carboxylic acids is 1. The zero-order valence-corrected chi connectivity index (χ0v) is 17.6. The van der Waals surface area contributed by atoms with Crippen molar-refractivity contribution in [3.63, 3.8) is 0 Å². The molecule has 0 unspecified atom stereocenters. The van der Waals surface area contributed by atoms with E-state index in [1.807, 2.05) is 54.6 Å². The van der Waals surface area contributed by atoms with Gasteiger partial charge in [-0.2, -0.15) is 0 Å². The van der Waals surface area contributed by atoms with E-state index in [-0.39, 0.29) is 5.91 Å². The second-order valence-electron chi connectivity index (χ2n) is 7.69. The number of benzene rings is 3. The summed E-state index contributed by atoms with van der Waals surface area (Å²) in [5.41, 5.74) is 3.51. The molecule has 0 atom stereocenters. The number of hydrogen-bond acceptors (Lipinski definition) is 4. The molecular weight excluding hydrogens is 388 g/mol. The zero-order valence-electron chi connectivity index (χ0n) is 17.6. The summed E-state index contributed by atoms with van der Waals surface area (Å²) in [6.07, 6.45) is 0.750. The highest BCUT2D eigenvalue weighted by Crippen LogP contribution is 2.30. The number of nitrogens with one attached hydrogen (secondary N) is 1. The molecule has 1 aliphatic heterocycles. The number of ether oxygens (including phenoxy) is 2. The number of carbonyl (C=O) groups is 1. The van der Waals surface area contributed by atoms with Crippen LogP contribution < -0.4 is 14.8 Å². The Labute approximate surface area is 183 Å². The van der Waals surface area contributed by atoms with Gasteiger partial charge >= 0.3 is 0 Å². The number of hydrogen-bond donors (Lipinski definition) is 1. The van der Waals surface area contributed by atoms with Crippen LogP contribution >= 0.6 is 0 Å². The maximum atomic E-state index is 12.7. The fourth-order valence-electron chi connectivity index (χ4n) is 3.70. The summed E-state index contributed by atoms with van der Waals surface area (Å²) in [5, 5.41) is 3.06. The average molecular weight is 417 g/mol. The second kappa shape index (κ2) is 10.6. The fraction of sp³-hybridized carbons (Fsp3) is 0.269. The second-order valence-corrected chi connectivity index (χ2v) is 7.69. The van der Waals surface area contributed by atoms with E-state index in [0.717, 1.165) is 36.6 Å². The Morgan fingerprint density at radius 3 is 2.03 bits per heavy atom. The van der Waals surface area contributed by atoms with Crippen molar-refractivity contribution >= 4 is 5.91 Å². The molecule has 0 fully saturated rings. The van der Waals surface area contributed by atoms with Gasteiger partial charge in [0.05, 0.1) is 6.54 Å². The maximum Gasteiger partial charge on any atom is 0.234 e. The number of nitrogens with zero attached hydrogens (tertiary/aromatic N) is 1. The van der Waals surface area contributed by atoms with E-state index >= 15 is 0 Å². The van der Waals surface area contributed by atoms with Crippen molar-refractivity contribution in [2.24, 2.45) is 0 Å². The van der Waals surface area contributed by atoms with Crippen molar-refractivity contribution in [2.75, 3.05) is 26.3 Å². The molecule has 3 aromatic carbocycles. The molecule has 5 heteroatoms. The Morgan fingerprint density at radius 1 is 0.774 bits per heavy atom. The third-order valence-corrected chi connectivity index (χ3v) is 5.21. The molecule has 0 aromatic heterocycles. The van der Waals surface area contributed by atoms with Crippen molar-refractivity contribution in [2.45, 2.75) is 19.5 Å². The largest absolute Gasteiger partial charge is 0.486 e. The Morgan fingerprint density at radius 2 is 1.39 bits per heavy atom. The zero-order chi connectivity index (χ0) is 21.3. The van der Waals surface area contributed by atoms with Crippen LogP contribution in [-0.4, -0.2) is 37.1 Å². The van der Waals surface area contributed by atoms with Crippen LogP contribution in [0, 0.1) is 0 Å². The number of fused-ring (bicyclic) bond motifs is 1. The van der Waals surface area contributed by atoms with E-state index in [9.17, 15) is 4.79 Å². The molecule has 4 rings (SSSR count). The standard InChI is InChI=1S/C26H28N2O3/c29-26(27-14-13-21-11-12-24-25(17-21)31-16-15-30-24)20-28(18-22-7-3-1-4-8-22)19-23-9-5-2-6-10-23/h1-12,17H,13-16,18-20H2,(H,27,29). The highest BCUT2D eigenvalue weighted by molar-refractivity contribution is 5.78. The van der Waals surface area contributed by atoms with Crippen LogP contribution in [0.3, 0.4) is 0 Å². The smallest absolute Gasteiger partial charge is 0.234 e. The minimum Gasteiger partial charge on any atom is -0.486 e. The van der Waals surface area contributed by atoms with Crippen molar-refractivity contribution in [3.8, 4) is 11.5 Å². The monoisotopic (exact) mass is 416 g/mol. The Balaban J connectivity index is 1.31. The summed E-state index contributed by atoms with van der Waals surface area (Å²) in [6, 6.07) is 26.5. The van der Waals surface area contributed by atoms with Gasteiger partial charge in [-0.1, -0.05) is 66.7 Å². The molecule has 0 spiro atoms. The minimum atomic E-state index is 0.0319. The quantitative estimate of drug-likeness (QED) is 0.576. The Kier molecular flexibility index (Phi) is 7.19. The lowest BCUT2D eigenvalue weighted by Gasteiger charge is -2.22. The maximum absolute atomic E-state index is 12.7. The predicted molar refractivity (Wildman–Crippen MR) is 121 cm³/mol. The lowest BCUT2D eigenvalue weighted by molar-refractivity contribution is -0.122. The van der Waals surface area contributed by atoms with E-state index < -0.39 is 0 Å². The van der Waals surface area contributed by atoms with Gasteiger partial charge in [-0.15, -0.1) is 0 Å².